The van der Waals surface area contributed by atoms with Crippen LogP contribution in [0.25, 0.3) is 6.08 Å². The van der Waals surface area contributed by atoms with Gasteiger partial charge < -0.3 is 14.8 Å². The van der Waals surface area contributed by atoms with Crippen molar-refractivity contribution in [3.8, 4) is 11.5 Å². The number of barbiturate groups is 1. The molecule has 1 aliphatic rings. The second-order valence-electron chi connectivity index (χ2n) is 8.00. The maximum Gasteiger partial charge on any atom is 0.335 e. The number of ether oxygens (including phenoxy) is 2. The number of anilines is 2. The summed E-state index contributed by atoms with van der Waals surface area (Å²) >= 11 is 3.32. The molecule has 1 aliphatic heterocycles. The molecule has 0 spiro atoms. The van der Waals surface area contributed by atoms with Crippen molar-refractivity contribution in [3.63, 3.8) is 0 Å². The van der Waals surface area contributed by atoms with E-state index in [0.717, 1.165) is 9.37 Å². The van der Waals surface area contributed by atoms with Crippen molar-refractivity contribution in [3.05, 3.63) is 87.9 Å². The van der Waals surface area contributed by atoms with Gasteiger partial charge in [-0.05, 0) is 72.3 Å². The molecule has 0 atom stereocenters. The number of imide groups is 2. The zero-order chi connectivity index (χ0) is 26.5. The predicted molar refractivity (Wildman–Crippen MR) is 141 cm³/mol. The molecular weight excluding hydrogens is 542 g/mol. The Morgan fingerprint density at radius 1 is 1.03 bits per heavy atom. The van der Waals surface area contributed by atoms with Crippen LogP contribution < -0.4 is 25.0 Å². The second-order valence-corrected chi connectivity index (χ2v) is 8.92. The number of hydrogen-bond acceptors (Lipinski definition) is 6. The van der Waals surface area contributed by atoms with Crippen LogP contribution in [0.1, 0.15) is 18.1 Å². The first-order valence-electron chi connectivity index (χ1n) is 11.1. The van der Waals surface area contributed by atoms with E-state index >= 15 is 0 Å². The number of amides is 5. The monoisotopic (exact) mass is 563 g/mol. The van der Waals surface area contributed by atoms with Crippen molar-refractivity contribution in [1.82, 2.24) is 5.32 Å². The molecule has 37 heavy (non-hydrogen) atoms. The van der Waals surface area contributed by atoms with E-state index in [0.29, 0.717) is 34.0 Å². The molecule has 0 unspecified atom stereocenters. The van der Waals surface area contributed by atoms with E-state index in [-0.39, 0.29) is 18.1 Å². The number of hydrogen-bond donors (Lipinski definition) is 2. The molecule has 188 valence electrons. The van der Waals surface area contributed by atoms with Crippen molar-refractivity contribution >= 4 is 57.1 Å². The van der Waals surface area contributed by atoms with Gasteiger partial charge in [-0.25, -0.2) is 9.69 Å². The van der Waals surface area contributed by atoms with Crippen LogP contribution in [0.2, 0.25) is 0 Å². The van der Waals surface area contributed by atoms with Gasteiger partial charge in [0.1, 0.15) is 23.7 Å². The summed E-state index contributed by atoms with van der Waals surface area (Å²) in [5.41, 5.74) is 2.01. The number of nitrogens with zero attached hydrogens (tertiary/aromatic N) is 1. The van der Waals surface area contributed by atoms with Gasteiger partial charge in [0.2, 0.25) is 5.91 Å². The van der Waals surface area contributed by atoms with Crippen LogP contribution in [0.4, 0.5) is 16.2 Å². The average molecular weight is 564 g/mol. The highest BCUT2D eigenvalue weighted by molar-refractivity contribution is 9.10. The fourth-order valence-electron chi connectivity index (χ4n) is 3.65. The molecule has 2 N–H and O–H groups in total. The van der Waals surface area contributed by atoms with Crippen molar-refractivity contribution < 1.29 is 28.7 Å². The number of carbonyl (C=O) groups excluding carboxylic acids is 4. The first-order chi connectivity index (χ1) is 17.7. The Kier molecular flexibility index (Phi) is 7.69. The van der Waals surface area contributed by atoms with Gasteiger partial charge in [0.15, 0.2) is 0 Å². The Bertz CT molecular complexity index is 1400. The van der Waals surface area contributed by atoms with Gasteiger partial charge in [-0.2, -0.15) is 0 Å². The van der Waals surface area contributed by atoms with Gasteiger partial charge >= 0.3 is 6.03 Å². The van der Waals surface area contributed by atoms with Crippen LogP contribution in [-0.4, -0.2) is 30.9 Å². The molecule has 3 aromatic carbocycles. The molecule has 4 rings (SSSR count). The fraction of sp³-hybridized carbons (Fsp3) is 0.111. The van der Waals surface area contributed by atoms with Crippen molar-refractivity contribution in [2.24, 2.45) is 0 Å². The van der Waals surface area contributed by atoms with E-state index in [4.69, 9.17) is 9.47 Å². The van der Waals surface area contributed by atoms with E-state index in [1.54, 1.807) is 66.7 Å². The van der Waals surface area contributed by atoms with Gasteiger partial charge in [-0.15, -0.1) is 0 Å². The molecule has 0 aliphatic carbocycles. The van der Waals surface area contributed by atoms with Crippen molar-refractivity contribution in [2.45, 2.75) is 13.5 Å². The number of rotatable bonds is 7. The van der Waals surface area contributed by atoms with E-state index in [9.17, 15) is 19.2 Å². The maximum atomic E-state index is 13.1. The molecule has 1 heterocycles. The van der Waals surface area contributed by atoms with Crippen LogP contribution in [-0.2, 0) is 21.0 Å². The van der Waals surface area contributed by atoms with E-state index in [1.807, 2.05) is 0 Å². The van der Waals surface area contributed by atoms with E-state index in [2.05, 4.69) is 26.6 Å². The third-order valence-corrected chi connectivity index (χ3v) is 5.90. The van der Waals surface area contributed by atoms with Gasteiger partial charge in [0.25, 0.3) is 11.8 Å². The van der Waals surface area contributed by atoms with Crippen LogP contribution in [0.3, 0.4) is 0 Å². The fourth-order valence-corrected chi connectivity index (χ4v) is 3.91. The minimum absolute atomic E-state index is 0.142. The summed E-state index contributed by atoms with van der Waals surface area (Å²) in [5.74, 6) is -0.549. The van der Waals surface area contributed by atoms with Crippen LogP contribution >= 0.6 is 15.9 Å². The number of carbonyl (C=O) groups is 4. The summed E-state index contributed by atoms with van der Waals surface area (Å²) in [5, 5.41) is 4.90. The zero-order valence-electron chi connectivity index (χ0n) is 19.9. The summed E-state index contributed by atoms with van der Waals surface area (Å²) in [7, 11) is 1.53. The van der Waals surface area contributed by atoms with Gasteiger partial charge in [-0.1, -0.05) is 22.0 Å². The molecule has 1 fully saturated rings. The molecule has 0 aromatic heterocycles. The highest BCUT2D eigenvalue weighted by Gasteiger charge is 2.36. The third kappa shape index (κ3) is 6.04. The summed E-state index contributed by atoms with van der Waals surface area (Å²) in [6.07, 6.45) is 1.42. The third-order valence-electron chi connectivity index (χ3n) is 5.37. The van der Waals surface area contributed by atoms with Crippen LogP contribution in [0.5, 0.6) is 11.5 Å². The van der Waals surface area contributed by atoms with Crippen molar-refractivity contribution in [2.75, 3.05) is 17.3 Å². The minimum Gasteiger partial charge on any atom is -0.496 e. The quantitative estimate of drug-likeness (QED) is 0.319. The topological polar surface area (TPSA) is 114 Å². The second kappa shape index (κ2) is 11.1. The smallest absolute Gasteiger partial charge is 0.335 e. The lowest BCUT2D eigenvalue weighted by Gasteiger charge is -2.26. The standard InChI is InChI=1S/C27H22BrN3O6/c1-16(32)29-20-6-10-22(11-7-20)37-15-18-13-17(3-12-24(18)36-2)14-23-25(33)30-27(35)31(26(23)34)21-8-4-19(28)5-9-21/h3-14H,15H2,1-2H3,(H,29,32)(H,30,33,35)/b23-14-. The number of urea groups is 1. The van der Waals surface area contributed by atoms with Gasteiger partial charge in [0.05, 0.1) is 12.8 Å². The first kappa shape index (κ1) is 25.6. The van der Waals surface area contributed by atoms with Gasteiger partial charge in [0, 0.05) is 22.6 Å². The lowest BCUT2D eigenvalue weighted by atomic mass is 10.0. The normalized spacial score (nSPS) is 14.4. The summed E-state index contributed by atoms with van der Waals surface area (Å²) < 4.78 is 12.1. The largest absolute Gasteiger partial charge is 0.496 e. The minimum atomic E-state index is -0.817. The predicted octanol–water partition coefficient (Wildman–Crippen LogP) is 4.66. The lowest BCUT2D eigenvalue weighted by molar-refractivity contribution is -0.122. The Labute approximate surface area is 221 Å². The Morgan fingerprint density at radius 2 is 1.73 bits per heavy atom. The number of benzene rings is 3. The highest BCUT2D eigenvalue weighted by Crippen LogP contribution is 2.27. The SMILES string of the molecule is COc1ccc(/C=C2/C(=O)NC(=O)N(c3ccc(Br)cc3)C2=O)cc1COc1ccc(NC(C)=O)cc1. The van der Waals surface area contributed by atoms with Gasteiger partial charge in [-0.3, -0.25) is 19.7 Å². The van der Waals surface area contributed by atoms with Crippen LogP contribution in [0, 0.1) is 0 Å². The molecule has 0 bridgehead atoms. The summed E-state index contributed by atoms with van der Waals surface area (Å²) in [6.45, 7) is 1.57. The molecule has 0 saturated carbocycles. The first-order valence-corrected chi connectivity index (χ1v) is 11.9. The molecule has 3 aromatic rings. The number of nitrogens with one attached hydrogen (secondary N) is 2. The number of methoxy groups -OCH3 is 1. The zero-order valence-corrected chi connectivity index (χ0v) is 21.5. The average Bonchev–Trinajstić information content (AvgIpc) is 2.87. The summed E-state index contributed by atoms with van der Waals surface area (Å²) in [6, 6.07) is 17.8. The Hall–Kier alpha value is -4.44. The molecule has 9 nitrogen and oxygen atoms in total. The maximum absolute atomic E-state index is 13.1. The van der Waals surface area contributed by atoms with Crippen molar-refractivity contribution in [1.29, 1.82) is 0 Å². The Balaban J connectivity index is 1.57. The lowest BCUT2D eigenvalue weighted by Crippen LogP contribution is -2.54. The molecule has 0 radical (unpaired) electrons. The molecular formula is C27H22BrN3O6. The van der Waals surface area contributed by atoms with Crippen LogP contribution in [0.15, 0.2) is 76.8 Å². The van der Waals surface area contributed by atoms with E-state index < -0.39 is 17.8 Å². The van der Waals surface area contributed by atoms with E-state index in [1.165, 1.54) is 20.1 Å². The highest BCUT2D eigenvalue weighted by atomic mass is 79.9. The molecule has 1 saturated heterocycles. The molecule has 10 heteroatoms. The number of halogens is 1. The molecule has 5 amide bonds. The summed E-state index contributed by atoms with van der Waals surface area (Å²) in [4.78, 5) is 50.2. The Morgan fingerprint density at radius 3 is 2.38 bits per heavy atom.